The predicted molar refractivity (Wildman–Crippen MR) is 71.9 cm³/mol. The second-order valence-corrected chi connectivity index (χ2v) is 5.25. The monoisotopic (exact) mass is 303 g/mol. The molecule has 1 amide bonds. The quantitative estimate of drug-likeness (QED) is 0.821. The Morgan fingerprint density at radius 3 is 2.94 bits per heavy atom. The number of amides is 1. The highest BCUT2D eigenvalue weighted by Crippen LogP contribution is 2.20. The van der Waals surface area contributed by atoms with E-state index >= 15 is 0 Å². The van der Waals surface area contributed by atoms with Gasteiger partial charge < -0.3 is 10.4 Å². The minimum absolute atomic E-state index is 0.0415. The van der Waals surface area contributed by atoms with Gasteiger partial charge in [-0.25, -0.2) is 0 Å². The van der Waals surface area contributed by atoms with Crippen LogP contribution in [0.3, 0.4) is 0 Å². The lowest BCUT2D eigenvalue weighted by molar-refractivity contribution is -0.113. The highest BCUT2D eigenvalue weighted by atomic mass is 79.9. The molecule has 3 nitrogen and oxygen atoms in total. The van der Waals surface area contributed by atoms with E-state index in [4.69, 9.17) is 5.11 Å². The van der Waals surface area contributed by atoms with Gasteiger partial charge in [0.2, 0.25) is 5.91 Å². The summed E-state index contributed by atoms with van der Waals surface area (Å²) in [4.78, 5) is 11.5. The lowest BCUT2D eigenvalue weighted by Crippen LogP contribution is -2.14. The lowest BCUT2D eigenvalue weighted by Gasteiger charge is -2.06. The zero-order valence-electron chi connectivity index (χ0n) is 9.00. The highest BCUT2D eigenvalue weighted by molar-refractivity contribution is 9.10. The molecule has 5 heteroatoms. The molecule has 0 saturated carbocycles. The molecule has 0 aliphatic carbocycles. The first-order chi connectivity index (χ1) is 7.63. The van der Waals surface area contributed by atoms with Gasteiger partial charge in [0.05, 0.1) is 12.4 Å². The van der Waals surface area contributed by atoms with Gasteiger partial charge in [0.25, 0.3) is 0 Å². The van der Waals surface area contributed by atoms with Crippen molar-refractivity contribution in [2.24, 2.45) is 0 Å². The molecule has 1 rings (SSSR count). The Labute approximate surface area is 108 Å². The van der Waals surface area contributed by atoms with Gasteiger partial charge in [-0.1, -0.05) is 15.9 Å². The topological polar surface area (TPSA) is 49.3 Å². The van der Waals surface area contributed by atoms with E-state index in [9.17, 15) is 4.79 Å². The number of aliphatic hydroxyl groups is 1. The number of aliphatic hydroxyl groups excluding tert-OH is 1. The fourth-order valence-electron chi connectivity index (χ4n) is 1.15. The zero-order chi connectivity index (χ0) is 12.0. The molecule has 0 saturated heterocycles. The lowest BCUT2D eigenvalue weighted by atomic mass is 10.2. The highest BCUT2D eigenvalue weighted by Gasteiger charge is 2.03. The Morgan fingerprint density at radius 1 is 1.56 bits per heavy atom. The standard InChI is InChI=1S/C11H14BrNO2S/c1-8-6-9(2-3-10(8)12)13-11(15)7-16-5-4-14/h2-3,6,14H,4-5,7H2,1H3,(H,13,15). The van der Waals surface area contributed by atoms with E-state index in [0.29, 0.717) is 11.5 Å². The van der Waals surface area contributed by atoms with Crippen molar-refractivity contribution in [1.82, 2.24) is 0 Å². The molecule has 0 radical (unpaired) electrons. The van der Waals surface area contributed by atoms with Crippen LogP contribution in [0.15, 0.2) is 22.7 Å². The Morgan fingerprint density at radius 2 is 2.31 bits per heavy atom. The van der Waals surface area contributed by atoms with Crippen LogP contribution in [0.2, 0.25) is 0 Å². The molecule has 0 heterocycles. The summed E-state index contributed by atoms with van der Waals surface area (Å²) in [6, 6.07) is 5.68. The number of hydrogen-bond acceptors (Lipinski definition) is 3. The first-order valence-electron chi connectivity index (χ1n) is 4.88. The normalized spacial score (nSPS) is 10.2. The third-order valence-electron chi connectivity index (χ3n) is 1.91. The Kier molecular flexibility index (Phi) is 5.87. The molecular formula is C11H14BrNO2S. The summed E-state index contributed by atoms with van der Waals surface area (Å²) in [6.45, 7) is 2.08. The Hall–Kier alpha value is -0.520. The van der Waals surface area contributed by atoms with Gasteiger partial charge in [-0.15, -0.1) is 11.8 Å². The molecule has 0 bridgehead atoms. The summed E-state index contributed by atoms with van der Waals surface area (Å²) in [5.74, 6) is 0.919. The van der Waals surface area contributed by atoms with Crippen LogP contribution in [0.4, 0.5) is 5.69 Å². The molecule has 0 aliphatic heterocycles. The fourth-order valence-corrected chi connectivity index (χ4v) is 1.93. The van der Waals surface area contributed by atoms with Crippen molar-refractivity contribution in [1.29, 1.82) is 0 Å². The van der Waals surface area contributed by atoms with E-state index < -0.39 is 0 Å². The van der Waals surface area contributed by atoms with Gasteiger partial charge in [-0.05, 0) is 30.7 Å². The summed E-state index contributed by atoms with van der Waals surface area (Å²) in [5.41, 5.74) is 1.89. The van der Waals surface area contributed by atoms with Crippen LogP contribution in [-0.4, -0.2) is 29.1 Å². The molecule has 0 unspecified atom stereocenters. The third-order valence-corrected chi connectivity index (χ3v) is 3.74. The molecule has 0 aromatic heterocycles. The van der Waals surface area contributed by atoms with E-state index in [2.05, 4.69) is 21.2 Å². The van der Waals surface area contributed by atoms with Gasteiger partial charge in [0, 0.05) is 15.9 Å². The fraction of sp³-hybridized carbons (Fsp3) is 0.364. The zero-order valence-corrected chi connectivity index (χ0v) is 11.4. The van der Waals surface area contributed by atoms with Crippen LogP contribution in [-0.2, 0) is 4.79 Å². The maximum Gasteiger partial charge on any atom is 0.234 e. The van der Waals surface area contributed by atoms with Crippen molar-refractivity contribution in [2.45, 2.75) is 6.92 Å². The summed E-state index contributed by atoms with van der Waals surface area (Å²) in [6.07, 6.45) is 0. The largest absolute Gasteiger partial charge is 0.396 e. The van der Waals surface area contributed by atoms with Crippen LogP contribution in [0.25, 0.3) is 0 Å². The number of benzene rings is 1. The van der Waals surface area contributed by atoms with Gasteiger partial charge in [0.15, 0.2) is 0 Å². The number of carbonyl (C=O) groups is 1. The van der Waals surface area contributed by atoms with Crippen LogP contribution in [0.1, 0.15) is 5.56 Å². The van der Waals surface area contributed by atoms with Gasteiger partial charge >= 0.3 is 0 Å². The Balaban J connectivity index is 2.46. The van der Waals surface area contributed by atoms with Gasteiger partial charge in [-0.3, -0.25) is 4.79 Å². The summed E-state index contributed by atoms with van der Waals surface area (Å²) in [5, 5.41) is 11.4. The van der Waals surface area contributed by atoms with Crippen molar-refractivity contribution in [3.8, 4) is 0 Å². The average Bonchev–Trinajstić information content (AvgIpc) is 2.24. The SMILES string of the molecule is Cc1cc(NC(=O)CSCCO)ccc1Br. The minimum atomic E-state index is -0.0415. The van der Waals surface area contributed by atoms with E-state index in [1.807, 2.05) is 25.1 Å². The molecule has 1 aromatic rings. The van der Waals surface area contributed by atoms with Crippen LogP contribution < -0.4 is 5.32 Å². The number of nitrogens with one attached hydrogen (secondary N) is 1. The number of halogens is 1. The van der Waals surface area contributed by atoms with Crippen molar-refractivity contribution < 1.29 is 9.90 Å². The summed E-state index contributed by atoms with van der Waals surface area (Å²) < 4.78 is 1.03. The van der Waals surface area contributed by atoms with Gasteiger partial charge in [0.1, 0.15) is 0 Å². The molecule has 16 heavy (non-hydrogen) atoms. The van der Waals surface area contributed by atoms with E-state index in [1.54, 1.807) is 0 Å². The van der Waals surface area contributed by atoms with Gasteiger partial charge in [-0.2, -0.15) is 0 Å². The Bertz CT molecular complexity index is 371. The third kappa shape index (κ3) is 4.55. The minimum Gasteiger partial charge on any atom is -0.396 e. The maximum atomic E-state index is 11.5. The predicted octanol–water partition coefficient (Wildman–Crippen LogP) is 2.42. The second-order valence-electron chi connectivity index (χ2n) is 3.29. The smallest absolute Gasteiger partial charge is 0.234 e. The maximum absolute atomic E-state index is 11.5. The molecule has 2 N–H and O–H groups in total. The average molecular weight is 304 g/mol. The number of anilines is 1. The van der Waals surface area contributed by atoms with Crippen molar-refractivity contribution in [3.05, 3.63) is 28.2 Å². The molecule has 0 fully saturated rings. The first-order valence-corrected chi connectivity index (χ1v) is 6.83. The molecular weight excluding hydrogens is 290 g/mol. The number of thioether (sulfide) groups is 1. The number of aryl methyl sites for hydroxylation is 1. The van der Waals surface area contributed by atoms with E-state index in [0.717, 1.165) is 15.7 Å². The van der Waals surface area contributed by atoms with Crippen molar-refractivity contribution >= 4 is 39.3 Å². The van der Waals surface area contributed by atoms with Crippen LogP contribution in [0.5, 0.6) is 0 Å². The molecule has 0 atom stereocenters. The van der Waals surface area contributed by atoms with Crippen LogP contribution >= 0.6 is 27.7 Å². The summed E-state index contributed by atoms with van der Waals surface area (Å²) in [7, 11) is 0. The number of carbonyl (C=O) groups excluding carboxylic acids is 1. The van der Waals surface area contributed by atoms with Crippen LogP contribution in [0, 0.1) is 6.92 Å². The first kappa shape index (κ1) is 13.5. The number of rotatable bonds is 5. The molecule has 88 valence electrons. The van der Waals surface area contributed by atoms with E-state index in [1.165, 1.54) is 11.8 Å². The summed E-state index contributed by atoms with van der Waals surface area (Å²) >= 11 is 4.82. The molecule has 0 aliphatic rings. The number of hydrogen-bond donors (Lipinski definition) is 2. The van der Waals surface area contributed by atoms with Crippen molar-refractivity contribution in [2.75, 3.05) is 23.4 Å². The second kappa shape index (κ2) is 6.93. The van der Waals surface area contributed by atoms with E-state index in [-0.39, 0.29) is 12.5 Å². The molecule has 0 spiro atoms. The van der Waals surface area contributed by atoms with Crippen molar-refractivity contribution in [3.63, 3.8) is 0 Å². The molecule has 1 aromatic carbocycles.